The van der Waals surface area contributed by atoms with Crippen LogP contribution in [-0.2, 0) is 20.8 Å². The first-order valence-corrected chi connectivity index (χ1v) is 15.8. The van der Waals surface area contributed by atoms with Crippen molar-refractivity contribution in [2.75, 3.05) is 33.3 Å². The number of carbonyl (C=O) groups excluding carboxylic acids is 2. The van der Waals surface area contributed by atoms with E-state index in [2.05, 4.69) is 10.2 Å². The molecule has 0 aromatic heterocycles. The Balaban J connectivity index is 1.31. The van der Waals surface area contributed by atoms with Gasteiger partial charge in [-0.05, 0) is 43.5 Å². The molecule has 0 bridgehead atoms. The molecular formula is C29H34N4O6S3. The minimum absolute atomic E-state index is 0.301. The quantitative estimate of drug-likeness (QED) is 0.298. The lowest BCUT2D eigenvalue weighted by atomic mass is 9.95. The van der Waals surface area contributed by atoms with Gasteiger partial charge in [-0.25, -0.2) is 4.79 Å². The molecule has 0 radical (unpaired) electrons. The van der Waals surface area contributed by atoms with Gasteiger partial charge in [-0.3, -0.25) is 14.5 Å². The third-order valence-corrected chi connectivity index (χ3v) is 10.9. The number of hydrogen-bond acceptors (Lipinski definition) is 9. The smallest absolute Gasteiger partial charge is 0.327 e. The van der Waals surface area contributed by atoms with E-state index >= 15 is 0 Å². The van der Waals surface area contributed by atoms with Crippen molar-refractivity contribution in [3.63, 3.8) is 0 Å². The van der Waals surface area contributed by atoms with Gasteiger partial charge in [-0.15, -0.1) is 11.8 Å². The highest BCUT2D eigenvalue weighted by Crippen LogP contribution is 2.51. The topological polar surface area (TPSA) is 112 Å². The number of methoxy groups -OCH3 is 2. The van der Waals surface area contributed by atoms with Gasteiger partial charge in [0.1, 0.15) is 27.8 Å². The lowest BCUT2D eigenvalue weighted by Gasteiger charge is -2.45. The number of rotatable bonds is 10. The number of ether oxygens (including phenoxy) is 2. The third-order valence-electron chi connectivity index (χ3n) is 7.78. The van der Waals surface area contributed by atoms with E-state index in [9.17, 15) is 19.5 Å². The van der Waals surface area contributed by atoms with Crippen molar-refractivity contribution in [2.24, 2.45) is 0 Å². The number of carbonyl (C=O) groups is 3. The average molecular weight is 631 g/mol. The maximum absolute atomic E-state index is 13.9. The summed E-state index contributed by atoms with van der Waals surface area (Å²) in [6.07, 6.45) is 0.711. The molecule has 2 amide bonds. The molecule has 224 valence electrons. The molecule has 10 nitrogen and oxygen atoms in total. The highest BCUT2D eigenvalue weighted by Gasteiger charge is 2.64. The van der Waals surface area contributed by atoms with Gasteiger partial charge in [0.2, 0.25) is 11.8 Å². The highest BCUT2D eigenvalue weighted by molar-refractivity contribution is 8.22. The first-order valence-electron chi connectivity index (χ1n) is 13.5. The molecule has 3 aliphatic heterocycles. The zero-order valence-electron chi connectivity index (χ0n) is 23.8. The number of nitrogens with zero attached hydrogens (tertiary/aromatic N) is 3. The third kappa shape index (κ3) is 5.79. The number of fused-ring (bicyclic) bond motifs is 1. The van der Waals surface area contributed by atoms with E-state index in [0.717, 1.165) is 15.4 Å². The summed E-state index contributed by atoms with van der Waals surface area (Å²) in [4.78, 5) is 44.4. The second-order valence-electron chi connectivity index (χ2n) is 10.9. The number of thiocarbonyl (C=S) groups is 1. The molecular weight excluding hydrogens is 597 g/mol. The molecule has 0 spiro atoms. The zero-order valence-corrected chi connectivity index (χ0v) is 26.3. The van der Waals surface area contributed by atoms with E-state index in [1.54, 1.807) is 14.2 Å². The monoisotopic (exact) mass is 630 g/mol. The predicted molar refractivity (Wildman–Crippen MR) is 167 cm³/mol. The Morgan fingerprint density at radius 1 is 1.14 bits per heavy atom. The molecule has 2 aromatic rings. The normalized spacial score (nSPS) is 24.0. The minimum Gasteiger partial charge on any atom is -0.493 e. The van der Waals surface area contributed by atoms with Crippen molar-refractivity contribution < 1.29 is 29.0 Å². The van der Waals surface area contributed by atoms with Crippen LogP contribution in [0.1, 0.15) is 31.0 Å². The van der Waals surface area contributed by atoms with E-state index < -0.39 is 34.2 Å². The van der Waals surface area contributed by atoms with Gasteiger partial charge in [-0.1, -0.05) is 60.4 Å². The number of aliphatic carboxylic acids is 1. The summed E-state index contributed by atoms with van der Waals surface area (Å²) in [5.74, 6) is 0.135. The first-order chi connectivity index (χ1) is 20.1. The summed E-state index contributed by atoms with van der Waals surface area (Å²) in [5, 5.41) is 12.3. The maximum atomic E-state index is 13.9. The van der Waals surface area contributed by atoms with Crippen molar-refractivity contribution in [3.8, 4) is 11.5 Å². The van der Waals surface area contributed by atoms with Gasteiger partial charge in [-0.2, -0.15) is 0 Å². The Labute approximate surface area is 259 Å². The number of carboxylic acids is 1. The van der Waals surface area contributed by atoms with E-state index in [4.69, 9.17) is 21.7 Å². The van der Waals surface area contributed by atoms with Crippen molar-refractivity contribution in [2.45, 2.75) is 48.5 Å². The van der Waals surface area contributed by atoms with Crippen LogP contribution in [0, 0.1) is 0 Å². The lowest BCUT2D eigenvalue weighted by molar-refractivity contribution is -0.161. The van der Waals surface area contributed by atoms with Gasteiger partial charge in [0.05, 0.1) is 26.8 Å². The number of benzene rings is 2. The summed E-state index contributed by atoms with van der Waals surface area (Å²) in [6, 6.07) is 12.9. The molecule has 3 aliphatic rings. The van der Waals surface area contributed by atoms with Crippen LogP contribution in [0.15, 0.2) is 48.5 Å². The Morgan fingerprint density at radius 2 is 1.86 bits per heavy atom. The van der Waals surface area contributed by atoms with Gasteiger partial charge in [0, 0.05) is 11.3 Å². The van der Waals surface area contributed by atoms with E-state index in [0.29, 0.717) is 37.0 Å². The zero-order chi connectivity index (χ0) is 30.2. The largest absolute Gasteiger partial charge is 0.493 e. The molecule has 5 rings (SSSR count). The second-order valence-corrected chi connectivity index (χ2v) is 14.2. The fourth-order valence-electron chi connectivity index (χ4n) is 5.71. The number of thioether (sulfide) groups is 2. The van der Waals surface area contributed by atoms with E-state index in [1.165, 1.54) is 28.4 Å². The summed E-state index contributed by atoms with van der Waals surface area (Å²) in [5.41, 5.74) is 1.87. The molecule has 0 saturated carbocycles. The number of nitrogens with one attached hydrogen (secondary N) is 1. The molecule has 4 unspecified atom stereocenters. The molecule has 3 heterocycles. The van der Waals surface area contributed by atoms with Crippen molar-refractivity contribution in [3.05, 3.63) is 59.7 Å². The van der Waals surface area contributed by atoms with Crippen molar-refractivity contribution >= 4 is 57.8 Å². The molecule has 4 atom stereocenters. The number of carboxylic acid groups (broad SMARTS) is 1. The van der Waals surface area contributed by atoms with Gasteiger partial charge >= 0.3 is 5.97 Å². The molecule has 3 fully saturated rings. The molecule has 3 saturated heterocycles. The summed E-state index contributed by atoms with van der Waals surface area (Å²) < 4.78 is 10.9. The maximum Gasteiger partial charge on any atom is 0.327 e. The number of amides is 2. The van der Waals surface area contributed by atoms with Crippen molar-refractivity contribution in [1.29, 1.82) is 0 Å². The Bertz CT molecular complexity index is 1380. The Kier molecular flexibility index (Phi) is 8.93. The molecule has 2 aromatic carbocycles. The summed E-state index contributed by atoms with van der Waals surface area (Å²) >= 11 is 8.59. The molecule has 42 heavy (non-hydrogen) atoms. The van der Waals surface area contributed by atoms with E-state index in [1.807, 2.05) is 67.3 Å². The standard InChI is InChI=1S/C29H34N4O6S3/c1-29(2)23(27(36)37)33-25(35)21(26(33)42-29)30-24(34)22(18-8-6-5-7-9-18)32-15-31(28(40)41-16-32)13-12-17-10-11-19(38-3)20(14-17)39-4/h5-11,14,21-23,26H,12-13,15-16H2,1-4H3,(H,30,34)(H,36,37). The second kappa shape index (κ2) is 12.3. The van der Waals surface area contributed by atoms with Crippen LogP contribution in [0.5, 0.6) is 11.5 Å². The number of hydrogen-bond donors (Lipinski definition) is 2. The van der Waals surface area contributed by atoms with Crippen LogP contribution in [0.25, 0.3) is 0 Å². The highest BCUT2D eigenvalue weighted by atomic mass is 32.2. The lowest BCUT2D eigenvalue weighted by Crippen LogP contribution is -2.71. The van der Waals surface area contributed by atoms with Crippen LogP contribution in [0.3, 0.4) is 0 Å². The average Bonchev–Trinajstić information content (AvgIpc) is 3.24. The fraction of sp³-hybridized carbons (Fsp3) is 0.448. The Hall–Kier alpha value is -3.00. The van der Waals surface area contributed by atoms with Crippen LogP contribution in [0.2, 0.25) is 0 Å². The SMILES string of the molecule is COc1ccc(CCN2CN(C(C(=O)NC3C(=O)N4C3SC(C)(C)C4C(=O)O)c3ccccc3)CSC2=S)cc1OC. The number of β-lactam (4-membered cyclic amide) rings is 1. The van der Waals surface area contributed by atoms with Crippen LogP contribution < -0.4 is 14.8 Å². The fourth-order valence-corrected chi connectivity index (χ4v) is 8.48. The summed E-state index contributed by atoms with van der Waals surface area (Å²) in [7, 11) is 3.21. The van der Waals surface area contributed by atoms with Gasteiger partial charge < -0.3 is 29.7 Å². The Morgan fingerprint density at radius 3 is 2.52 bits per heavy atom. The molecule has 0 aliphatic carbocycles. The first kappa shape index (κ1) is 30.5. The van der Waals surface area contributed by atoms with Crippen LogP contribution in [-0.4, -0.2) is 97.4 Å². The van der Waals surface area contributed by atoms with Crippen molar-refractivity contribution in [1.82, 2.24) is 20.0 Å². The van der Waals surface area contributed by atoms with Gasteiger partial charge in [0.25, 0.3) is 0 Å². The van der Waals surface area contributed by atoms with Gasteiger partial charge in [0.15, 0.2) is 11.5 Å². The molecule has 13 heteroatoms. The van der Waals surface area contributed by atoms with Crippen LogP contribution >= 0.6 is 35.7 Å². The van der Waals surface area contributed by atoms with Crippen LogP contribution in [0.4, 0.5) is 0 Å². The molecule has 2 N–H and O–H groups in total. The summed E-state index contributed by atoms with van der Waals surface area (Å²) in [6.45, 7) is 4.71. The minimum atomic E-state index is -1.04. The van der Waals surface area contributed by atoms with E-state index in [-0.39, 0.29) is 11.8 Å². The predicted octanol–water partition coefficient (Wildman–Crippen LogP) is 3.17.